The monoisotopic (exact) mass is 451 g/mol. The number of sulfonamides is 2. The Morgan fingerprint density at radius 3 is 2.20 bits per heavy atom. The van der Waals surface area contributed by atoms with E-state index in [9.17, 15) is 21.6 Å². The highest BCUT2D eigenvalue weighted by Crippen LogP contribution is 2.23. The number of piperidine rings is 1. The Kier molecular flexibility index (Phi) is 6.61. The first kappa shape index (κ1) is 22.4. The van der Waals surface area contributed by atoms with Crippen LogP contribution in [0.25, 0.3) is 0 Å². The van der Waals surface area contributed by atoms with Gasteiger partial charge in [0.15, 0.2) is 0 Å². The molecule has 0 spiro atoms. The van der Waals surface area contributed by atoms with Crippen LogP contribution in [0, 0.1) is 0 Å². The summed E-state index contributed by atoms with van der Waals surface area (Å²) in [7, 11) is -4.47. The minimum atomic E-state index is -3.68. The van der Waals surface area contributed by atoms with Gasteiger partial charge < -0.3 is 5.32 Å². The fourth-order valence-electron chi connectivity index (χ4n) is 3.20. The molecular weight excluding hydrogens is 426 g/mol. The van der Waals surface area contributed by atoms with Crippen LogP contribution in [0.3, 0.4) is 0 Å². The Morgan fingerprint density at radius 2 is 1.53 bits per heavy atom. The molecule has 30 heavy (non-hydrogen) atoms. The molecule has 1 aliphatic rings. The molecule has 0 atom stereocenters. The van der Waals surface area contributed by atoms with Crippen molar-refractivity contribution in [1.82, 2.24) is 8.61 Å². The molecule has 3 rings (SSSR count). The second-order valence-electron chi connectivity index (χ2n) is 7.26. The largest absolute Gasteiger partial charge is 0.322 e. The van der Waals surface area contributed by atoms with Crippen molar-refractivity contribution in [3.05, 3.63) is 54.1 Å². The van der Waals surface area contributed by atoms with Crippen molar-refractivity contribution in [2.75, 3.05) is 32.5 Å². The number of anilines is 1. The third-order valence-electron chi connectivity index (χ3n) is 4.92. The molecule has 162 valence electrons. The number of rotatable bonds is 6. The molecule has 0 aliphatic carbocycles. The lowest BCUT2D eigenvalue weighted by atomic mass is 10.2. The summed E-state index contributed by atoms with van der Waals surface area (Å²) < 4.78 is 52.8. The van der Waals surface area contributed by atoms with E-state index in [1.165, 1.54) is 54.8 Å². The van der Waals surface area contributed by atoms with E-state index < -0.39 is 26.0 Å². The Balaban J connectivity index is 1.82. The van der Waals surface area contributed by atoms with Crippen LogP contribution < -0.4 is 5.32 Å². The highest BCUT2D eigenvalue weighted by atomic mass is 32.2. The van der Waals surface area contributed by atoms with E-state index in [0.717, 1.165) is 23.6 Å². The normalized spacial score (nSPS) is 15.8. The molecule has 10 heteroatoms. The summed E-state index contributed by atoms with van der Waals surface area (Å²) in [5.41, 5.74) is 0.473. The summed E-state index contributed by atoms with van der Waals surface area (Å²) >= 11 is 0. The first-order chi connectivity index (χ1) is 14.1. The van der Waals surface area contributed by atoms with E-state index in [4.69, 9.17) is 0 Å². The third kappa shape index (κ3) is 4.72. The van der Waals surface area contributed by atoms with Gasteiger partial charge in [0.2, 0.25) is 20.0 Å². The predicted molar refractivity (Wildman–Crippen MR) is 114 cm³/mol. The van der Waals surface area contributed by atoms with Crippen molar-refractivity contribution >= 4 is 31.6 Å². The maximum Gasteiger partial charge on any atom is 0.255 e. The highest BCUT2D eigenvalue weighted by molar-refractivity contribution is 7.89. The summed E-state index contributed by atoms with van der Waals surface area (Å²) in [6.45, 7) is 0.984. The molecular formula is C20H25N3O5S2. The van der Waals surface area contributed by atoms with Gasteiger partial charge in [0.25, 0.3) is 5.91 Å². The van der Waals surface area contributed by atoms with Crippen LogP contribution in [-0.2, 0) is 20.0 Å². The number of carbonyl (C=O) groups excluding carboxylic acids is 1. The maximum absolute atomic E-state index is 12.9. The van der Waals surface area contributed by atoms with Crippen molar-refractivity contribution in [3.63, 3.8) is 0 Å². The lowest BCUT2D eigenvalue weighted by molar-refractivity contribution is 0.102. The fraction of sp³-hybridized carbons (Fsp3) is 0.350. The van der Waals surface area contributed by atoms with Crippen molar-refractivity contribution in [1.29, 1.82) is 0 Å². The second kappa shape index (κ2) is 8.84. The summed E-state index contributed by atoms with van der Waals surface area (Å²) in [6.07, 6.45) is 2.69. The predicted octanol–water partition coefficient (Wildman–Crippen LogP) is 2.36. The van der Waals surface area contributed by atoms with Crippen LogP contribution in [0.1, 0.15) is 29.6 Å². The number of hydrogen-bond donors (Lipinski definition) is 1. The van der Waals surface area contributed by atoms with E-state index >= 15 is 0 Å². The van der Waals surface area contributed by atoms with Crippen molar-refractivity contribution < 1.29 is 21.6 Å². The van der Waals surface area contributed by atoms with Gasteiger partial charge in [-0.15, -0.1) is 0 Å². The zero-order chi connectivity index (χ0) is 21.9. The smallest absolute Gasteiger partial charge is 0.255 e. The van der Waals surface area contributed by atoms with E-state index in [1.54, 1.807) is 12.1 Å². The third-order valence-corrected chi connectivity index (χ3v) is 8.63. The number of nitrogens with one attached hydrogen (secondary N) is 1. The Morgan fingerprint density at radius 1 is 0.900 bits per heavy atom. The molecule has 0 bridgehead atoms. The van der Waals surface area contributed by atoms with Crippen LogP contribution in [0.4, 0.5) is 5.69 Å². The average molecular weight is 452 g/mol. The SMILES string of the molecule is CN(C)S(=O)(=O)c1cccc(C(=O)Nc2cccc(S(=O)(=O)N3CCCCC3)c2)c1. The van der Waals surface area contributed by atoms with Crippen LogP contribution in [0.5, 0.6) is 0 Å². The van der Waals surface area contributed by atoms with Gasteiger partial charge in [0.05, 0.1) is 9.79 Å². The van der Waals surface area contributed by atoms with Crippen LogP contribution in [-0.4, -0.2) is 58.5 Å². The Labute approximate surface area is 177 Å². The van der Waals surface area contributed by atoms with Gasteiger partial charge in [-0.25, -0.2) is 21.1 Å². The van der Waals surface area contributed by atoms with Gasteiger partial charge in [0, 0.05) is 38.4 Å². The average Bonchev–Trinajstić information content (AvgIpc) is 2.74. The minimum Gasteiger partial charge on any atom is -0.322 e. The molecule has 8 nitrogen and oxygen atoms in total. The Bertz CT molecular complexity index is 1140. The van der Waals surface area contributed by atoms with Gasteiger partial charge >= 0.3 is 0 Å². The number of carbonyl (C=O) groups is 1. The zero-order valence-corrected chi connectivity index (χ0v) is 18.5. The molecule has 1 N–H and O–H groups in total. The van der Waals surface area contributed by atoms with Gasteiger partial charge in [-0.05, 0) is 49.2 Å². The molecule has 1 heterocycles. The summed E-state index contributed by atoms with van der Waals surface area (Å²) in [5.74, 6) is -0.529. The standard InChI is InChI=1S/C20H25N3O5S2/c1-22(2)29(25,26)18-10-6-8-16(14-18)20(24)21-17-9-7-11-19(15-17)30(27,28)23-12-4-3-5-13-23/h6-11,14-15H,3-5,12-13H2,1-2H3,(H,21,24). The summed E-state index contributed by atoms with van der Waals surface area (Å²) in [4.78, 5) is 12.8. The van der Waals surface area contributed by atoms with Crippen molar-refractivity contribution in [2.45, 2.75) is 29.1 Å². The van der Waals surface area contributed by atoms with E-state index in [1.807, 2.05) is 0 Å². The first-order valence-corrected chi connectivity index (χ1v) is 12.4. The summed E-state index contributed by atoms with van der Waals surface area (Å²) in [5, 5.41) is 2.65. The van der Waals surface area contributed by atoms with Gasteiger partial charge in [-0.1, -0.05) is 18.6 Å². The first-order valence-electron chi connectivity index (χ1n) is 9.56. The van der Waals surface area contributed by atoms with E-state index in [0.29, 0.717) is 18.8 Å². The second-order valence-corrected chi connectivity index (χ2v) is 11.4. The van der Waals surface area contributed by atoms with Gasteiger partial charge in [-0.3, -0.25) is 4.79 Å². The molecule has 2 aromatic carbocycles. The molecule has 1 saturated heterocycles. The van der Waals surface area contributed by atoms with Gasteiger partial charge in [-0.2, -0.15) is 4.31 Å². The molecule has 1 amide bonds. The quantitative estimate of drug-likeness (QED) is 0.726. The topological polar surface area (TPSA) is 104 Å². The molecule has 2 aromatic rings. The molecule has 1 aliphatic heterocycles. The van der Waals surface area contributed by atoms with Crippen LogP contribution >= 0.6 is 0 Å². The highest BCUT2D eigenvalue weighted by Gasteiger charge is 2.26. The van der Waals surface area contributed by atoms with Crippen molar-refractivity contribution in [3.8, 4) is 0 Å². The van der Waals surface area contributed by atoms with E-state index in [2.05, 4.69) is 5.32 Å². The van der Waals surface area contributed by atoms with Crippen molar-refractivity contribution in [2.24, 2.45) is 0 Å². The molecule has 0 saturated carbocycles. The number of hydrogen-bond acceptors (Lipinski definition) is 5. The molecule has 0 aromatic heterocycles. The van der Waals surface area contributed by atoms with E-state index in [-0.39, 0.29) is 15.4 Å². The minimum absolute atomic E-state index is 0.00146. The molecule has 0 unspecified atom stereocenters. The maximum atomic E-state index is 12.9. The van der Waals surface area contributed by atoms with Gasteiger partial charge in [0.1, 0.15) is 0 Å². The van der Waals surface area contributed by atoms with Crippen LogP contribution in [0.15, 0.2) is 58.3 Å². The molecule has 1 fully saturated rings. The number of benzene rings is 2. The lowest BCUT2D eigenvalue weighted by Gasteiger charge is -2.26. The lowest BCUT2D eigenvalue weighted by Crippen LogP contribution is -2.35. The number of nitrogens with zero attached hydrogens (tertiary/aromatic N) is 2. The van der Waals surface area contributed by atoms with Crippen LogP contribution in [0.2, 0.25) is 0 Å². The Hall–Kier alpha value is -2.27. The summed E-state index contributed by atoms with van der Waals surface area (Å²) in [6, 6.07) is 11.8. The fourth-order valence-corrected chi connectivity index (χ4v) is 5.71. The number of amides is 1. The zero-order valence-electron chi connectivity index (χ0n) is 16.9. The molecule has 0 radical (unpaired) electrons.